The van der Waals surface area contributed by atoms with Gasteiger partial charge in [0.15, 0.2) is 0 Å². The Hall–Kier alpha value is -0.590. The SMILES string of the molecule is CS1=Nc2c(Cl)cc(C(F)(F)F)cc2C(Cl)=N1. The van der Waals surface area contributed by atoms with Gasteiger partial charge in [-0.1, -0.05) is 23.2 Å². The predicted octanol–water partition coefficient (Wildman–Crippen LogP) is 4.34. The van der Waals surface area contributed by atoms with Crippen molar-refractivity contribution in [3.63, 3.8) is 0 Å². The molecule has 17 heavy (non-hydrogen) atoms. The molecular formula is C9H5Cl2F3N2S. The first-order valence-corrected chi connectivity index (χ1v) is 6.62. The van der Waals surface area contributed by atoms with E-state index in [0.717, 1.165) is 12.1 Å². The maximum absolute atomic E-state index is 12.6. The van der Waals surface area contributed by atoms with Crippen LogP contribution in [0.3, 0.4) is 0 Å². The van der Waals surface area contributed by atoms with Gasteiger partial charge < -0.3 is 0 Å². The van der Waals surface area contributed by atoms with Gasteiger partial charge in [0.1, 0.15) is 10.9 Å². The normalized spacial score (nSPS) is 19.4. The molecule has 0 aliphatic carbocycles. The zero-order valence-corrected chi connectivity index (χ0v) is 10.7. The molecular weight excluding hydrogens is 296 g/mol. The Bertz CT molecular complexity index is 552. The molecule has 0 bridgehead atoms. The molecule has 1 aliphatic heterocycles. The van der Waals surface area contributed by atoms with Crippen molar-refractivity contribution >= 4 is 44.9 Å². The van der Waals surface area contributed by atoms with Gasteiger partial charge in [0.05, 0.1) is 10.6 Å². The molecule has 0 N–H and O–H groups in total. The number of halogens is 5. The topological polar surface area (TPSA) is 24.7 Å². The lowest BCUT2D eigenvalue weighted by Gasteiger charge is -2.15. The van der Waals surface area contributed by atoms with E-state index in [1.165, 1.54) is 0 Å². The van der Waals surface area contributed by atoms with Gasteiger partial charge in [0.2, 0.25) is 0 Å². The summed E-state index contributed by atoms with van der Waals surface area (Å²) in [5, 5.41) is -0.0592. The van der Waals surface area contributed by atoms with E-state index < -0.39 is 22.6 Å². The summed E-state index contributed by atoms with van der Waals surface area (Å²) >= 11 is 11.6. The zero-order chi connectivity index (χ0) is 12.8. The summed E-state index contributed by atoms with van der Waals surface area (Å²) < 4.78 is 45.7. The molecule has 8 heteroatoms. The third-order valence-corrected chi connectivity index (χ3v) is 3.62. The maximum Gasteiger partial charge on any atom is 0.416 e. The van der Waals surface area contributed by atoms with Crippen LogP contribution in [-0.4, -0.2) is 11.4 Å². The third kappa shape index (κ3) is 2.48. The Morgan fingerprint density at radius 2 is 1.88 bits per heavy atom. The number of rotatable bonds is 0. The van der Waals surface area contributed by atoms with E-state index in [4.69, 9.17) is 23.2 Å². The molecule has 1 aromatic carbocycles. The van der Waals surface area contributed by atoms with Crippen LogP contribution in [0.1, 0.15) is 11.1 Å². The van der Waals surface area contributed by atoms with E-state index in [2.05, 4.69) is 8.76 Å². The molecule has 0 fully saturated rings. The van der Waals surface area contributed by atoms with Crippen molar-refractivity contribution in [3.8, 4) is 0 Å². The highest BCUT2D eigenvalue weighted by Crippen LogP contribution is 2.40. The van der Waals surface area contributed by atoms with Gasteiger partial charge in [-0.3, -0.25) is 0 Å². The number of fused-ring (bicyclic) bond motifs is 1. The average molecular weight is 301 g/mol. The van der Waals surface area contributed by atoms with Crippen molar-refractivity contribution in [1.82, 2.24) is 0 Å². The Labute approximate surface area is 108 Å². The van der Waals surface area contributed by atoms with E-state index in [-0.39, 0.29) is 21.4 Å². The molecule has 1 unspecified atom stereocenters. The molecule has 0 amide bonds. The van der Waals surface area contributed by atoms with Crippen LogP contribution in [0.4, 0.5) is 18.9 Å². The molecule has 0 spiro atoms. The molecule has 2 rings (SSSR count). The number of hydrogen-bond acceptors (Lipinski definition) is 2. The van der Waals surface area contributed by atoms with Crippen LogP contribution in [0, 0.1) is 0 Å². The fourth-order valence-corrected chi connectivity index (χ4v) is 2.92. The van der Waals surface area contributed by atoms with E-state index in [9.17, 15) is 13.2 Å². The molecule has 0 radical (unpaired) electrons. The van der Waals surface area contributed by atoms with Crippen LogP contribution < -0.4 is 0 Å². The molecule has 1 atom stereocenters. The first-order valence-electron chi connectivity index (χ1n) is 4.32. The van der Waals surface area contributed by atoms with Crippen molar-refractivity contribution in [1.29, 1.82) is 0 Å². The van der Waals surface area contributed by atoms with Crippen LogP contribution in [0.2, 0.25) is 5.02 Å². The van der Waals surface area contributed by atoms with Gasteiger partial charge in [0.25, 0.3) is 0 Å². The van der Waals surface area contributed by atoms with Crippen molar-refractivity contribution in [2.75, 3.05) is 6.26 Å². The largest absolute Gasteiger partial charge is 0.416 e. The number of alkyl halides is 3. The Morgan fingerprint density at radius 1 is 1.24 bits per heavy atom. The van der Waals surface area contributed by atoms with Crippen LogP contribution in [-0.2, 0) is 17.1 Å². The van der Waals surface area contributed by atoms with Gasteiger partial charge in [-0.15, -0.1) is 0 Å². The molecule has 1 heterocycles. The van der Waals surface area contributed by atoms with Crippen LogP contribution in [0.25, 0.3) is 0 Å². The van der Waals surface area contributed by atoms with Crippen LogP contribution in [0.15, 0.2) is 20.9 Å². The molecule has 1 aromatic rings. The van der Waals surface area contributed by atoms with Crippen LogP contribution in [0.5, 0.6) is 0 Å². The van der Waals surface area contributed by atoms with E-state index in [1.54, 1.807) is 6.26 Å². The number of nitrogens with zero attached hydrogens (tertiary/aromatic N) is 2. The second-order valence-electron chi connectivity index (χ2n) is 3.27. The fourth-order valence-electron chi connectivity index (χ4n) is 1.33. The molecule has 0 saturated carbocycles. The highest BCUT2D eigenvalue weighted by Gasteiger charge is 2.33. The summed E-state index contributed by atoms with van der Waals surface area (Å²) in [5.74, 6) is 0. The van der Waals surface area contributed by atoms with E-state index >= 15 is 0 Å². The summed E-state index contributed by atoms with van der Waals surface area (Å²) in [6, 6.07) is 1.75. The van der Waals surface area contributed by atoms with E-state index in [1.807, 2.05) is 0 Å². The molecule has 0 saturated heterocycles. The molecule has 2 nitrogen and oxygen atoms in total. The zero-order valence-electron chi connectivity index (χ0n) is 8.35. The number of benzene rings is 1. The smallest absolute Gasteiger partial charge is 0.204 e. The van der Waals surface area contributed by atoms with E-state index in [0.29, 0.717) is 0 Å². The van der Waals surface area contributed by atoms with Crippen molar-refractivity contribution < 1.29 is 13.2 Å². The first kappa shape index (κ1) is 12.9. The second-order valence-corrected chi connectivity index (χ2v) is 5.30. The minimum atomic E-state index is -4.47. The quantitative estimate of drug-likeness (QED) is 0.681. The lowest BCUT2D eigenvalue weighted by molar-refractivity contribution is -0.137. The summed E-state index contributed by atoms with van der Waals surface area (Å²) in [5.41, 5.74) is -0.467. The van der Waals surface area contributed by atoms with Crippen molar-refractivity contribution in [3.05, 3.63) is 28.3 Å². The summed E-state index contributed by atoms with van der Waals surface area (Å²) in [4.78, 5) is 0. The summed E-state index contributed by atoms with van der Waals surface area (Å²) in [6.45, 7) is 0. The standard InChI is InChI=1S/C9H5Cl2F3N2S/c1-17-15-7-5(8(11)16-17)2-4(3-6(7)10)9(12,13)14/h2-3H,1H3. The van der Waals surface area contributed by atoms with Gasteiger partial charge in [0, 0.05) is 22.7 Å². The summed E-state index contributed by atoms with van der Waals surface area (Å²) in [6.07, 6.45) is -2.78. The fraction of sp³-hybridized carbons (Fsp3) is 0.222. The Morgan fingerprint density at radius 3 is 2.47 bits per heavy atom. The Balaban J connectivity index is 2.68. The van der Waals surface area contributed by atoms with Crippen molar-refractivity contribution in [2.45, 2.75) is 6.18 Å². The van der Waals surface area contributed by atoms with Gasteiger partial charge in [-0.05, 0) is 12.1 Å². The monoisotopic (exact) mass is 300 g/mol. The lowest BCUT2D eigenvalue weighted by Crippen LogP contribution is -2.08. The van der Waals surface area contributed by atoms with Gasteiger partial charge in [-0.2, -0.15) is 17.6 Å². The predicted molar refractivity (Wildman–Crippen MR) is 64.2 cm³/mol. The van der Waals surface area contributed by atoms with Gasteiger partial charge in [-0.25, -0.2) is 4.36 Å². The molecule has 0 aromatic heterocycles. The molecule has 92 valence electrons. The average Bonchev–Trinajstić information content (AvgIpc) is 2.17. The highest BCUT2D eigenvalue weighted by molar-refractivity contribution is 7.85. The first-order chi connectivity index (χ1) is 7.79. The minimum absolute atomic E-state index is 0.00818. The lowest BCUT2D eigenvalue weighted by atomic mass is 10.1. The maximum atomic E-state index is 12.6. The number of hydrogen-bond donors (Lipinski definition) is 0. The summed E-state index contributed by atoms with van der Waals surface area (Å²) in [7, 11) is -0.704. The van der Waals surface area contributed by atoms with Gasteiger partial charge >= 0.3 is 6.18 Å². The van der Waals surface area contributed by atoms with Crippen LogP contribution >= 0.6 is 23.2 Å². The highest BCUT2D eigenvalue weighted by atomic mass is 35.5. The molecule has 1 aliphatic rings. The Kier molecular flexibility index (Phi) is 3.22. The van der Waals surface area contributed by atoms with Crippen molar-refractivity contribution in [2.24, 2.45) is 8.76 Å². The third-order valence-electron chi connectivity index (χ3n) is 2.05. The second kappa shape index (κ2) is 4.26. The minimum Gasteiger partial charge on any atom is -0.204 e.